The molecule has 0 aliphatic heterocycles. The van der Waals surface area contributed by atoms with Crippen molar-refractivity contribution in [3.05, 3.63) is 57.5 Å². The second kappa shape index (κ2) is 7.69. The molecule has 0 saturated heterocycles. The summed E-state index contributed by atoms with van der Waals surface area (Å²) in [7, 11) is 0. The summed E-state index contributed by atoms with van der Waals surface area (Å²) in [5, 5.41) is 13.7. The lowest BCUT2D eigenvalue weighted by Crippen LogP contribution is -2.26. The Morgan fingerprint density at radius 1 is 1.29 bits per heavy atom. The molecule has 2 rings (SSSR count). The van der Waals surface area contributed by atoms with Crippen LogP contribution in [0.3, 0.4) is 0 Å². The molecule has 3 nitrogen and oxygen atoms in total. The second-order valence-electron chi connectivity index (χ2n) is 4.79. The van der Waals surface area contributed by atoms with E-state index in [4.69, 9.17) is 16.3 Å². The third-order valence-electron chi connectivity index (χ3n) is 2.89. The Morgan fingerprint density at radius 2 is 2.10 bits per heavy atom. The molecule has 2 aromatic carbocycles. The Morgan fingerprint density at radius 3 is 2.81 bits per heavy atom. The van der Waals surface area contributed by atoms with Crippen LogP contribution >= 0.6 is 27.5 Å². The fourth-order valence-corrected chi connectivity index (χ4v) is 2.60. The lowest BCUT2D eigenvalue weighted by Gasteiger charge is -2.15. The van der Waals surface area contributed by atoms with Gasteiger partial charge in [-0.15, -0.1) is 0 Å². The highest BCUT2D eigenvalue weighted by Gasteiger charge is 2.07. The standard InChI is InChI=1S/C16H17BrClNO2/c1-11-5-6-16(15(17)7-11)21-10-14(20)9-19-13-4-2-3-12(18)8-13/h2-8,14,19-20H,9-10H2,1H3. The van der Waals surface area contributed by atoms with Crippen molar-refractivity contribution in [1.82, 2.24) is 0 Å². The van der Waals surface area contributed by atoms with Gasteiger partial charge in [0.1, 0.15) is 18.5 Å². The van der Waals surface area contributed by atoms with E-state index in [9.17, 15) is 5.11 Å². The number of aliphatic hydroxyl groups excluding tert-OH is 1. The lowest BCUT2D eigenvalue weighted by atomic mass is 10.2. The molecule has 0 radical (unpaired) electrons. The number of ether oxygens (including phenoxy) is 1. The third-order valence-corrected chi connectivity index (χ3v) is 3.74. The fourth-order valence-electron chi connectivity index (χ4n) is 1.80. The van der Waals surface area contributed by atoms with E-state index >= 15 is 0 Å². The molecule has 2 N–H and O–H groups in total. The molecule has 1 atom stereocenters. The molecule has 0 aromatic heterocycles. The van der Waals surface area contributed by atoms with Crippen LogP contribution in [-0.4, -0.2) is 24.4 Å². The van der Waals surface area contributed by atoms with Gasteiger partial charge in [0.2, 0.25) is 0 Å². The van der Waals surface area contributed by atoms with E-state index in [0.717, 1.165) is 21.5 Å². The van der Waals surface area contributed by atoms with E-state index < -0.39 is 6.10 Å². The highest BCUT2D eigenvalue weighted by atomic mass is 79.9. The zero-order valence-corrected chi connectivity index (χ0v) is 14.0. The van der Waals surface area contributed by atoms with Crippen LogP contribution in [0.1, 0.15) is 5.56 Å². The van der Waals surface area contributed by atoms with Crippen molar-refractivity contribution < 1.29 is 9.84 Å². The maximum Gasteiger partial charge on any atom is 0.133 e. The molecule has 0 amide bonds. The van der Waals surface area contributed by atoms with E-state index in [-0.39, 0.29) is 6.61 Å². The number of hydrogen-bond donors (Lipinski definition) is 2. The zero-order valence-electron chi connectivity index (χ0n) is 11.6. The number of aliphatic hydroxyl groups is 1. The fraction of sp³-hybridized carbons (Fsp3) is 0.250. The molecule has 0 aliphatic rings. The first-order valence-electron chi connectivity index (χ1n) is 6.61. The smallest absolute Gasteiger partial charge is 0.133 e. The van der Waals surface area contributed by atoms with Gasteiger partial charge >= 0.3 is 0 Å². The van der Waals surface area contributed by atoms with Crippen LogP contribution < -0.4 is 10.1 Å². The Hall–Kier alpha value is -1.23. The van der Waals surface area contributed by atoms with Crippen molar-refractivity contribution >= 4 is 33.2 Å². The maximum absolute atomic E-state index is 9.95. The molecule has 1 unspecified atom stereocenters. The van der Waals surface area contributed by atoms with E-state index in [1.807, 2.05) is 43.3 Å². The van der Waals surface area contributed by atoms with Gasteiger partial charge in [-0.2, -0.15) is 0 Å². The zero-order chi connectivity index (χ0) is 15.2. The Labute approximate surface area is 138 Å². The highest BCUT2D eigenvalue weighted by Crippen LogP contribution is 2.25. The summed E-state index contributed by atoms with van der Waals surface area (Å²) in [5.41, 5.74) is 2.02. The minimum absolute atomic E-state index is 0.217. The molecule has 5 heteroatoms. The van der Waals surface area contributed by atoms with Gasteiger partial charge in [0.25, 0.3) is 0 Å². The number of benzene rings is 2. The SMILES string of the molecule is Cc1ccc(OCC(O)CNc2cccc(Cl)c2)c(Br)c1. The van der Waals surface area contributed by atoms with E-state index in [1.165, 1.54) is 0 Å². The van der Waals surface area contributed by atoms with Crippen molar-refractivity contribution in [3.8, 4) is 5.75 Å². The van der Waals surface area contributed by atoms with Crippen molar-refractivity contribution in [3.63, 3.8) is 0 Å². The minimum Gasteiger partial charge on any atom is -0.490 e. The summed E-state index contributed by atoms with van der Waals surface area (Å²) in [5.74, 6) is 0.724. The van der Waals surface area contributed by atoms with E-state index in [0.29, 0.717) is 11.6 Å². The number of hydrogen-bond acceptors (Lipinski definition) is 3. The van der Waals surface area contributed by atoms with Gasteiger partial charge in [0.05, 0.1) is 4.47 Å². The van der Waals surface area contributed by atoms with Crippen molar-refractivity contribution in [2.45, 2.75) is 13.0 Å². The average molecular weight is 371 g/mol. The first-order chi connectivity index (χ1) is 10.0. The molecule has 0 spiro atoms. The number of aryl methyl sites for hydroxylation is 1. The lowest BCUT2D eigenvalue weighted by molar-refractivity contribution is 0.117. The topological polar surface area (TPSA) is 41.5 Å². The van der Waals surface area contributed by atoms with Gasteiger partial charge in [0, 0.05) is 17.3 Å². The summed E-state index contributed by atoms with van der Waals surface area (Å²) < 4.78 is 6.49. The molecule has 0 aliphatic carbocycles. The minimum atomic E-state index is -0.614. The van der Waals surface area contributed by atoms with Crippen LogP contribution in [0.4, 0.5) is 5.69 Å². The van der Waals surface area contributed by atoms with Gasteiger partial charge in [-0.1, -0.05) is 23.7 Å². The van der Waals surface area contributed by atoms with Gasteiger partial charge in [-0.05, 0) is 58.7 Å². The largest absolute Gasteiger partial charge is 0.490 e. The number of nitrogens with one attached hydrogen (secondary N) is 1. The molecule has 0 fully saturated rings. The van der Waals surface area contributed by atoms with E-state index in [1.54, 1.807) is 6.07 Å². The van der Waals surface area contributed by atoms with Crippen molar-refractivity contribution in [2.24, 2.45) is 0 Å². The molecular weight excluding hydrogens is 354 g/mol. The normalized spacial score (nSPS) is 12.0. The van der Waals surface area contributed by atoms with Crippen LogP contribution in [0.5, 0.6) is 5.75 Å². The second-order valence-corrected chi connectivity index (χ2v) is 6.08. The molecule has 0 saturated carbocycles. The number of anilines is 1. The predicted octanol–water partition coefficient (Wildman–Crippen LogP) is 4.26. The summed E-state index contributed by atoms with van der Waals surface area (Å²) in [6, 6.07) is 13.2. The van der Waals surface area contributed by atoms with Gasteiger partial charge in [-0.25, -0.2) is 0 Å². The number of halogens is 2. The van der Waals surface area contributed by atoms with Gasteiger partial charge < -0.3 is 15.2 Å². The molecule has 0 bridgehead atoms. The molecule has 112 valence electrons. The van der Waals surface area contributed by atoms with Crippen molar-refractivity contribution in [1.29, 1.82) is 0 Å². The number of rotatable bonds is 6. The van der Waals surface area contributed by atoms with Crippen LogP contribution in [0.25, 0.3) is 0 Å². The summed E-state index contributed by atoms with van der Waals surface area (Å²) in [6.07, 6.45) is -0.614. The van der Waals surface area contributed by atoms with Crippen LogP contribution in [-0.2, 0) is 0 Å². The molecule has 21 heavy (non-hydrogen) atoms. The first-order valence-corrected chi connectivity index (χ1v) is 7.78. The van der Waals surface area contributed by atoms with Crippen molar-refractivity contribution in [2.75, 3.05) is 18.5 Å². The first kappa shape index (κ1) is 16.1. The maximum atomic E-state index is 9.95. The Kier molecular flexibility index (Phi) is 5.91. The summed E-state index contributed by atoms with van der Waals surface area (Å²) in [4.78, 5) is 0. The summed E-state index contributed by atoms with van der Waals surface area (Å²) >= 11 is 9.34. The average Bonchev–Trinajstić information content (AvgIpc) is 2.44. The molecule has 2 aromatic rings. The quantitative estimate of drug-likeness (QED) is 0.798. The molecule has 0 heterocycles. The predicted molar refractivity (Wildman–Crippen MR) is 90.3 cm³/mol. The van der Waals surface area contributed by atoms with E-state index in [2.05, 4.69) is 21.2 Å². The third kappa shape index (κ3) is 5.23. The van der Waals surface area contributed by atoms with Gasteiger partial charge in [0.15, 0.2) is 0 Å². The molecular formula is C16H17BrClNO2. The highest BCUT2D eigenvalue weighted by molar-refractivity contribution is 9.10. The monoisotopic (exact) mass is 369 g/mol. The Balaban J connectivity index is 1.80. The van der Waals surface area contributed by atoms with Crippen LogP contribution in [0, 0.1) is 6.92 Å². The van der Waals surface area contributed by atoms with Gasteiger partial charge in [-0.3, -0.25) is 0 Å². The Bertz CT molecular complexity index is 607. The van der Waals surface area contributed by atoms with Crippen LogP contribution in [0.2, 0.25) is 5.02 Å². The summed E-state index contributed by atoms with van der Waals surface area (Å²) in [6.45, 7) is 2.62. The van der Waals surface area contributed by atoms with Crippen LogP contribution in [0.15, 0.2) is 46.9 Å².